The van der Waals surface area contributed by atoms with Crippen LogP contribution in [-0.4, -0.2) is 10.2 Å². The molecule has 108 valence electrons. The number of rotatable bonds is 3. The fraction of sp³-hybridized carbons (Fsp3) is 0.0714. The van der Waals surface area contributed by atoms with Crippen LogP contribution in [0.5, 0.6) is 5.75 Å². The van der Waals surface area contributed by atoms with Crippen molar-refractivity contribution in [2.45, 2.75) is 6.54 Å². The second-order valence-electron chi connectivity index (χ2n) is 4.00. The normalized spacial score (nSPS) is 9.10. The summed E-state index contributed by atoms with van der Waals surface area (Å²) in [5, 5.41) is 35.2. The van der Waals surface area contributed by atoms with Crippen LogP contribution in [0.3, 0.4) is 0 Å². The van der Waals surface area contributed by atoms with Gasteiger partial charge in [0.1, 0.15) is 18.0 Å². The lowest BCUT2D eigenvalue weighted by Gasteiger charge is -2.03. The first-order chi connectivity index (χ1) is 10.0. The van der Waals surface area contributed by atoms with Crippen molar-refractivity contribution in [2.75, 3.05) is 0 Å². The van der Waals surface area contributed by atoms with Crippen LogP contribution in [0.4, 0.5) is 5.69 Å². The molecule has 0 aliphatic carbocycles. The van der Waals surface area contributed by atoms with Crippen LogP contribution in [0.25, 0.3) is 0 Å². The molecule has 0 atom stereocenters. The molecule has 0 heterocycles. The van der Waals surface area contributed by atoms with Crippen LogP contribution in [-0.2, 0) is 6.54 Å². The summed E-state index contributed by atoms with van der Waals surface area (Å²) in [6, 6.07) is 16.8. The van der Waals surface area contributed by atoms with Gasteiger partial charge in [-0.25, -0.2) is 0 Å². The Morgan fingerprint density at radius 3 is 2.48 bits per heavy atom. The number of nitriles is 1. The van der Waals surface area contributed by atoms with E-state index in [0.29, 0.717) is 17.9 Å². The van der Waals surface area contributed by atoms with E-state index in [2.05, 4.69) is 6.07 Å². The quantitative estimate of drug-likeness (QED) is 0.501. The van der Waals surface area contributed by atoms with Crippen molar-refractivity contribution in [1.29, 1.82) is 5.26 Å². The van der Waals surface area contributed by atoms with Gasteiger partial charge in [0.05, 0.1) is 16.7 Å². The first-order valence-corrected chi connectivity index (χ1v) is 5.94. The maximum absolute atomic E-state index is 9.62. The molecule has 21 heavy (non-hydrogen) atoms. The molecule has 2 rings (SSSR count). The van der Waals surface area contributed by atoms with Crippen LogP contribution in [0.2, 0.25) is 0 Å². The number of aromatic hydroxyl groups is 1. The van der Waals surface area contributed by atoms with Gasteiger partial charge >= 0.3 is 0 Å². The average Bonchev–Trinajstić information content (AvgIpc) is 2.46. The maximum Gasteiger partial charge on any atom is 0.131 e. The Morgan fingerprint density at radius 1 is 1.19 bits per heavy atom. The molecule has 2 aromatic carbocycles. The zero-order valence-corrected chi connectivity index (χ0v) is 11.0. The van der Waals surface area contributed by atoms with Gasteiger partial charge in [-0.2, -0.15) is 5.26 Å². The fourth-order valence-corrected chi connectivity index (χ4v) is 1.65. The molecule has 0 unspecified atom stereocenters. The zero-order chi connectivity index (χ0) is 15.7. The molecule has 0 aromatic heterocycles. The van der Waals surface area contributed by atoms with Crippen molar-refractivity contribution < 1.29 is 15.5 Å². The molecule has 0 saturated heterocycles. The van der Waals surface area contributed by atoms with Crippen LogP contribution >= 0.6 is 0 Å². The number of hydrogen-bond donors (Lipinski definition) is 2. The smallest absolute Gasteiger partial charge is 0.131 e. The first-order valence-electron chi connectivity index (χ1n) is 5.94. The van der Waals surface area contributed by atoms with E-state index >= 15 is 0 Å². The minimum absolute atomic E-state index is 0.306. The number of nitrogens with two attached hydrogens (primary N) is 1. The molecule has 0 aliphatic heterocycles. The number of phenolic OH excluding ortho intramolecular Hbond substituents is 1. The second kappa shape index (κ2) is 8.14. The Morgan fingerprint density at radius 2 is 1.86 bits per heavy atom. The minimum atomic E-state index is -1.75. The van der Waals surface area contributed by atoms with Crippen molar-refractivity contribution in [2.24, 2.45) is 0 Å². The highest BCUT2D eigenvalue weighted by molar-refractivity contribution is 5.39. The summed E-state index contributed by atoms with van der Waals surface area (Å²) in [4.78, 5) is 8.25. The predicted molar refractivity (Wildman–Crippen MR) is 74.9 cm³/mol. The van der Waals surface area contributed by atoms with E-state index in [9.17, 15) is 5.11 Å². The van der Waals surface area contributed by atoms with Gasteiger partial charge in [0.25, 0.3) is 0 Å². The molecule has 0 amide bonds. The van der Waals surface area contributed by atoms with Gasteiger partial charge in [-0.15, -0.1) is 0 Å². The molecule has 0 aliphatic rings. The average molecular weight is 287 g/mol. The molecule has 0 saturated carbocycles. The molecule has 0 radical (unpaired) electrons. The van der Waals surface area contributed by atoms with Gasteiger partial charge in [-0.1, -0.05) is 18.2 Å². The van der Waals surface area contributed by atoms with Crippen molar-refractivity contribution >= 4 is 5.69 Å². The summed E-state index contributed by atoms with van der Waals surface area (Å²) < 4.78 is 0. The third-order valence-corrected chi connectivity index (χ3v) is 2.57. The number of hydrogen-bond acceptors (Lipinski definition) is 5. The summed E-state index contributed by atoms with van der Waals surface area (Å²) >= 11 is 0. The van der Waals surface area contributed by atoms with Crippen LogP contribution in [0, 0.1) is 26.7 Å². The molecule has 0 fully saturated rings. The second-order valence-corrected chi connectivity index (χ2v) is 4.00. The molecule has 0 spiro atoms. The number of benzene rings is 2. The van der Waals surface area contributed by atoms with E-state index in [0.717, 1.165) is 11.3 Å². The third kappa shape index (κ3) is 6.04. The van der Waals surface area contributed by atoms with Gasteiger partial charge in [0, 0.05) is 11.6 Å². The predicted octanol–water partition coefficient (Wildman–Crippen LogP) is 1.42. The number of phenols is 1. The fourth-order valence-electron chi connectivity index (χ4n) is 1.65. The van der Waals surface area contributed by atoms with Crippen LogP contribution in [0.15, 0.2) is 48.5 Å². The van der Waals surface area contributed by atoms with Crippen LogP contribution < -0.4 is 5.32 Å². The van der Waals surface area contributed by atoms with Gasteiger partial charge in [-0.3, -0.25) is 0 Å². The van der Waals surface area contributed by atoms with Gasteiger partial charge in [-0.05, 0) is 24.3 Å². The van der Waals surface area contributed by atoms with Crippen molar-refractivity contribution in [3.63, 3.8) is 0 Å². The lowest BCUT2D eigenvalue weighted by molar-refractivity contribution is -0.588. The van der Waals surface area contributed by atoms with Crippen molar-refractivity contribution in [3.05, 3.63) is 75.0 Å². The lowest BCUT2D eigenvalue weighted by Crippen LogP contribution is -2.76. The van der Waals surface area contributed by atoms with E-state index in [4.69, 9.17) is 20.6 Å². The molecule has 2 aromatic rings. The van der Waals surface area contributed by atoms with E-state index in [1.54, 1.807) is 18.2 Å². The summed E-state index contributed by atoms with van der Waals surface area (Å²) in [6.07, 6.45) is 0. The topological polar surface area (TPSA) is 127 Å². The highest BCUT2D eigenvalue weighted by Crippen LogP contribution is 2.14. The Kier molecular flexibility index (Phi) is 6.18. The Balaban J connectivity index is 0.000000491. The molecular formula is C14H13N3O4. The Bertz CT molecular complexity index is 649. The lowest BCUT2D eigenvalue weighted by atomic mass is 10.2. The highest BCUT2D eigenvalue weighted by atomic mass is 16.9. The summed E-state index contributed by atoms with van der Waals surface area (Å²) in [5.74, 6) is 0.306. The molecule has 7 heteroatoms. The molecule has 7 nitrogen and oxygen atoms in total. The standard InChI is InChI=1S/C14H12N2O.NO3/c15-9-11-4-3-6-13(8-11)16-10-12-5-1-2-7-14(12)17;2-1(3)4/h1-8,16-17H,10H2;/q;-1/p+1. The monoisotopic (exact) mass is 287 g/mol. The molecule has 0 bridgehead atoms. The summed E-state index contributed by atoms with van der Waals surface area (Å²) in [5.41, 5.74) is 2.53. The summed E-state index contributed by atoms with van der Waals surface area (Å²) in [7, 11) is 0. The largest absolute Gasteiger partial charge is 0.507 e. The Hall–Kier alpha value is -3.11. The van der Waals surface area contributed by atoms with E-state index < -0.39 is 5.09 Å². The first kappa shape index (κ1) is 15.9. The minimum Gasteiger partial charge on any atom is -0.507 e. The van der Waals surface area contributed by atoms with Gasteiger partial charge < -0.3 is 25.7 Å². The number of quaternary nitrogens is 1. The highest BCUT2D eigenvalue weighted by Gasteiger charge is 2.03. The van der Waals surface area contributed by atoms with Crippen molar-refractivity contribution in [3.8, 4) is 11.8 Å². The van der Waals surface area contributed by atoms with Gasteiger partial charge in [0.15, 0.2) is 0 Å². The number of nitrogens with zero attached hydrogens (tertiary/aromatic N) is 2. The summed E-state index contributed by atoms with van der Waals surface area (Å²) in [6.45, 7) is 0.654. The van der Waals surface area contributed by atoms with Crippen LogP contribution in [0.1, 0.15) is 11.1 Å². The van der Waals surface area contributed by atoms with Crippen molar-refractivity contribution in [1.82, 2.24) is 0 Å². The molecule has 3 N–H and O–H groups in total. The Labute approximate surface area is 120 Å². The number of para-hydroxylation sites is 1. The molecular weight excluding hydrogens is 274 g/mol. The SMILES string of the molecule is N#Cc1cccc([NH2+]Cc2ccccc2O)c1.O=[N+]([O-])[O-]. The van der Waals surface area contributed by atoms with E-state index in [-0.39, 0.29) is 0 Å². The third-order valence-electron chi connectivity index (χ3n) is 2.57. The van der Waals surface area contributed by atoms with Gasteiger partial charge in [0.2, 0.25) is 0 Å². The van der Waals surface area contributed by atoms with E-state index in [1.807, 2.05) is 35.6 Å². The zero-order valence-electron chi connectivity index (χ0n) is 11.0. The van der Waals surface area contributed by atoms with E-state index in [1.165, 1.54) is 0 Å². The maximum atomic E-state index is 9.62.